The molecule has 9 heteroatoms. The summed E-state index contributed by atoms with van der Waals surface area (Å²) in [6.07, 6.45) is 0. The predicted octanol–water partition coefficient (Wildman–Crippen LogP) is 2.49. The van der Waals surface area contributed by atoms with Gasteiger partial charge in [0.2, 0.25) is 0 Å². The van der Waals surface area contributed by atoms with Gasteiger partial charge in [0.1, 0.15) is 6.04 Å². The first-order valence-electron chi connectivity index (χ1n) is 9.91. The Hall–Kier alpha value is -4.01. The summed E-state index contributed by atoms with van der Waals surface area (Å²) in [6.45, 7) is 6.10. The molecule has 0 fully saturated rings. The zero-order valence-corrected chi connectivity index (χ0v) is 18.1. The van der Waals surface area contributed by atoms with Gasteiger partial charge < -0.3 is 10.1 Å². The molecule has 2 N–H and O–H groups in total. The minimum absolute atomic E-state index is 0.209. The van der Waals surface area contributed by atoms with Gasteiger partial charge in [-0.3, -0.25) is 24.6 Å². The quantitative estimate of drug-likeness (QED) is 0.547. The second-order valence-electron chi connectivity index (χ2n) is 7.63. The summed E-state index contributed by atoms with van der Waals surface area (Å²) in [7, 11) is 0. The van der Waals surface area contributed by atoms with Crippen molar-refractivity contribution in [3.8, 4) is 0 Å². The third-order valence-corrected chi connectivity index (χ3v) is 5.03. The number of carbonyl (C=O) groups is 5. The number of ether oxygens (including phenoxy) is 1. The monoisotopic (exact) mass is 437 g/mol. The van der Waals surface area contributed by atoms with Crippen LogP contribution < -0.4 is 10.6 Å². The molecule has 0 saturated carbocycles. The Bertz CT molecular complexity index is 1140. The molecule has 0 radical (unpaired) electrons. The normalized spacial score (nSPS) is 13.4. The van der Waals surface area contributed by atoms with E-state index in [-0.39, 0.29) is 11.1 Å². The molecule has 1 atom stereocenters. The molecular weight excluding hydrogens is 414 g/mol. The topological polar surface area (TPSA) is 122 Å². The molecule has 2 aromatic carbocycles. The molecule has 32 heavy (non-hydrogen) atoms. The number of nitrogens with zero attached hydrogens (tertiary/aromatic N) is 1. The van der Waals surface area contributed by atoms with Crippen molar-refractivity contribution in [1.29, 1.82) is 0 Å². The van der Waals surface area contributed by atoms with Crippen molar-refractivity contribution in [2.24, 2.45) is 0 Å². The minimum Gasteiger partial charge on any atom is -0.454 e. The van der Waals surface area contributed by atoms with Crippen LogP contribution in [0.15, 0.2) is 36.4 Å². The van der Waals surface area contributed by atoms with Crippen molar-refractivity contribution in [2.75, 3.05) is 11.9 Å². The van der Waals surface area contributed by atoms with Gasteiger partial charge in [0, 0.05) is 5.69 Å². The van der Waals surface area contributed by atoms with Crippen molar-refractivity contribution in [2.45, 2.75) is 33.7 Å². The number of fused-ring (bicyclic) bond motifs is 1. The molecule has 0 aromatic heterocycles. The van der Waals surface area contributed by atoms with Gasteiger partial charge in [-0.15, -0.1) is 0 Å². The van der Waals surface area contributed by atoms with E-state index in [1.165, 1.54) is 13.0 Å². The molecule has 166 valence electrons. The number of urea groups is 1. The van der Waals surface area contributed by atoms with Gasteiger partial charge in [-0.2, -0.15) is 0 Å². The van der Waals surface area contributed by atoms with Crippen molar-refractivity contribution in [1.82, 2.24) is 10.2 Å². The molecule has 0 bridgehead atoms. The number of aryl methyl sites for hydroxylation is 3. The molecule has 0 saturated heterocycles. The van der Waals surface area contributed by atoms with Gasteiger partial charge in [0.25, 0.3) is 17.7 Å². The highest BCUT2D eigenvalue weighted by Crippen LogP contribution is 2.26. The SMILES string of the molecule is Cc1ccc(NC(=O)NC(=O)COC(=O)C(C)N2C(=O)c3ccc(C)cc3C2=O)c(C)c1. The Morgan fingerprint density at radius 3 is 2.25 bits per heavy atom. The molecular formula is C23H23N3O6. The zero-order valence-electron chi connectivity index (χ0n) is 18.1. The Morgan fingerprint density at radius 1 is 0.938 bits per heavy atom. The van der Waals surface area contributed by atoms with Crippen LogP contribution in [0.1, 0.15) is 44.3 Å². The highest BCUT2D eigenvalue weighted by atomic mass is 16.5. The molecule has 1 aliphatic heterocycles. The van der Waals surface area contributed by atoms with E-state index >= 15 is 0 Å². The number of imide groups is 2. The second kappa shape index (κ2) is 9.01. The summed E-state index contributed by atoms with van der Waals surface area (Å²) in [5.41, 5.74) is 3.62. The number of carbonyl (C=O) groups excluding carboxylic acids is 5. The van der Waals surface area contributed by atoms with Crippen LogP contribution in [0.3, 0.4) is 0 Å². The number of esters is 1. The number of anilines is 1. The summed E-state index contributed by atoms with van der Waals surface area (Å²) in [4.78, 5) is 62.2. The summed E-state index contributed by atoms with van der Waals surface area (Å²) in [5.74, 6) is -3.01. The maximum Gasteiger partial charge on any atom is 0.329 e. The first-order valence-corrected chi connectivity index (χ1v) is 9.91. The van der Waals surface area contributed by atoms with E-state index in [9.17, 15) is 24.0 Å². The fourth-order valence-electron chi connectivity index (χ4n) is 3.36. The number of nitrogens with one attached hydrogen (secondary N) is 2. The summed E-state index contributed by atoms with van der Waals surface area (Å²) < 4.78 is 4.91. The van der Waals surface area contributed by atoms with E-state index in [0.717, 1.165) is 21.6 Å². The Balaban J connectivity index is 1.54. The predicted molar refractivity (Wildman–Crippen MR) is 115 cm³/mol. The van der Waals surface area contributed by atoms with E-state index < -0.39 is 42.4 Å². The summed E-state index contributed by atoms with van der Waals surface area (Å²) >= 11 is 0. The number of rotatable bonds is 5. The van der Waals surface area contributed by atoms with E-state index in [2.05, 4.69) is 10.6 Å². The molecule has 1 heterocycles. The standard InChI is InChI=1S/C23H23N3O6/c1-12-6-8-18(14(3)9-12)24-23(31)25-19(27)11-32-22(30)15(4)26-20(28)16-7-5-13(2)10-17(16)21(26)29/h5-10,15H,11H2,1-4H3,(H2,24,25,27,31). The van der Waals surface area contributed by atoms with Crippen LogP contribution in [-0.4, -0.2) is 47.3 Å². The molecule has 5 amide bonds. The lowest BCUT2D eigenvalue weighted by Crippen LogP contribution is -2.45. The molecule has 0 spiro atoms. The summed E-state index contributed by atoms with van der Waals surface area (Å²) in [6, 6.07) is 8.20. The lowest BCUT2D eigenvalue weighted by atomic mass is 10.1. The Kier molecular flexibility index (Phi) is 6.38. The van der Waals surface area contributed by atoms with Crippen molar-refractivity contribution >= 4 is 35.4 Å². The average molecular weight is 437 g/mol. The van der Waals surface area contributed by atoms with Crippen LogP contribution in [0, 0.1) is 20.8 Å². The van der Waals surface area contributed by atoms with Gasteiger partial charge >= 0.3 is 12.0 Å². The van der Waals surface area contributed by atoms with Crippen LogP contribution in [-0.2, 0) is 14.3 Å². The molecule has 3 rings (SSSR count). The van der Waals surface area contributed by atoms with Crippen molar-refractivity contribution < 1.29 is 28.7 Å². The van der Waals surface area contributed by atoms with Crippen molar-refractivity contribution in [3.05, 3.63) is 64.2 Å². The van der Waals surface area contributed by atoms with Gasteiger partial charge in [0.15, 0.2) is 6.61 Å². The summed E-state index contributed by atoms with van der Waals surface area (Å²) in [5, 5.41) is 4.60. The third kappa shape index (κ3) is 4.66. The fourth-order valence-corrected chi connectivity index (χ4v) is 3.36. The third-order valence-electron chi connectivity index (χ3n) is 5.03. The van der Waals surface area contributed by atoms with E-state index in [1.807, 2.05) is 26.0 Å². The number of amides is 5. The van der Waals surface area contributed by atoms with Crippen LogP contribution in [0.5, 0.6) is 0 Å². The van der Waals surface area contributed by atoms with Crippen LogP contribution in [0.4, 0.5) is 10.5 Å². The van der Waals surface area contributed by atoms with Crippen LogP contribution in [0.2, 0.25) is 0 Å². The lowest BCUT2D eigenvalue weighted by molar-refractivity contribution is -0.151. The van der Waals surface area contributed by atoms with Crippen molar-refractivity contribution in [3.63, 3.8) is 0 Å². The maximum absolute atomic E-state index is 12.6. The van der Waals surface area contributed by atoms with Gasteiger partial charge in [-0.05, 0) is 51.5 Å². The second-order valence-corrected chi connectivity index (χ2v) is 7.63. The minimum atomic E-state index is -1.24. The van der Waals surface area contributed by atoms with E-state index in [1.54, 1.807) is 25.1 Å². The smallest absolute Gasteiger partial charge is 0.329 e. The highest BCUT2D eigenvalue weighted by Gasteiger charge is 2.41. The van der Waals surface area contributed by atoms with Gasteiger partial charge in [-0.25, -0.2) is 9.59 Å². The zero-order chi connectivity index (χ0) is 23.6. The first-order chi connectivity index (χ1) is 15.1. The molecule has 2 aromatic rings. The molecule has 1 aliphatic rings. The van der Waals surface area contributed by atoms with Crippen LogP contribution >= 0.6 is 0 Å². The Morgan fingerprint density at radius 2 is 1.56 bits per heavy atom. The highest BCUT2D eigenvalue weighted by molar-refractivity contribution is 6.22. The van der Waals surface area contributed by atoms with E-state index in [0.29, 0.717) is 5.69 Å². The molecule has 1 unspecified atom stereocenters. The first kappa shape index (κ1) is 22.7. The lowest BCUT2D eigenvalue weighted by Gasteiger charge is -2.20. The molecule has 0 aliphatic carbocycles. The fraction of sp³-hybridized carbons (Fsp3) is 0.261. The Labute approximate surface area is 184 Å². The number of benzene rings is 2. The van der Waals surface area contributed by atoms with Gasteiger partial charge in [0.05, 0.1) is 11.1 Å². The van der Waals surface area contributed by atoms with E-state index in [4.69, 9.17) is 4.74 Å². The number of hydrogen-bond acceptors (Lipinski definition) is 6. The molecule has 9 nitrogen and oxygen atoms in total. The maximum atomic E-state index is 12.6. The van der Waals surface area contributed by atoms with Crippen LogP contribution in [0.25, 0.3) is 0 Å². The largest absolute Gasteiger partial charge is 0.454 e. The van der Waals surface area contributed by atoms with Gasteiger partial charge in [-0.1, -0.05) is 29.3 Å². The average Bonchev–Trinajstić information content (AvgIpc) is 2.97. The number of hydrogen-bond donors (Lipinski definition) is 2.